The van der Waals surface area contributed by atoms with Crippen molar-refractivity contribution >= 4 is 29.9 Å². The minimum absolute atomic E-state index is 0. The van der Waals surface area contributed by atoms with Gasteiger partial charge < -0.3 is 15.2 Å². The predicted molar refractivity (Wildman–Crippen MR) is 91.6 cm³/mol. The highest BCUT2D eigenvalue weighted by molar-refractivity contribution is 14.0. The Morgan fingerprint density at radius 2 is 2.20 bits per heavy atom. The molecule has 1 aromatic heterocycles. The van der Waals surface area contributed by atoms with E-state index < -0.39 is 0 Å². The van der Waals surface area contributed by atoms with E-state index >= 15 is 0 Å². The van der Waals surface area contributed by atoms with Crippen LogP contribution in [0.5, 0.6) is 0 Å². The molecular weight excluding hydrogens is 367 g/mol. The molecule has 7 heteroatoms. The molecule has 6 nitrogen and oxygen atoms in total. The monoisotopic (exact) mass is 392 g/mol. The number of nitrogens with zero attached hydrogens (tertiary/aromatic N) is 4. The van der Waals surface area contributed by atoms with Gasteiger partial charge in [0.1, 0.15) is 12.2 Å². The zero-order chi connectivity index (χ0) is 13.5. The van der Waals surface area contributed by atoms with Gasteiger partial charge in [-0.2, -0.15) is 0 Å². The molecule has 0 atom stereocenters. The van der Waals surface area contributed by atoms with Crippen LogP contribution in [0.3, 0.4) is 0 Å². The van der Waals surface area contributed by atoms with Crippen LogP contribution in [0, 0.1) is 0 Å². The van der Waals surface area contributed by atoms with E-state index in [-0.39, 0.29) is 24.0 Å². The standard InChI is InChI=1S/C13H24N6.HI/c1-3-12-18-16-10-19(12)9-8-15-13(14-2)17-11-6-4-5-7-11;/h10-11H,3-9H2,1-2H3,(H2,14,15,17);1H. The first kappa shape index (κ1) is 17.2. The Labute approximate surface area is 137 Å². The van der Waals surface area contributed by atoms with Crippen LogP contribution in [-0.4, -0.2) is 40.4 Å². The van der Waals surface area contributed by atoms with Crippen LogP contribution >= 0.6 is 24.0 Å². The summed E-state index contributed by atoms with van der Waals surface area (Å²) in [5.74, 6) is 1.93. The van der Waals surface area contributed by atoms with Gasteiger partial charge in [0.25, 0.3) is 0 Å². The van der Waals surface area contributed by atoms with Gasteiger partial charge in [0.15, 0.2) is 5.96 Å². The summed E-state index contributed by atoms with van der Waals surface area (Å²) in [7, 11) is 1.82. The second-order valence-electron chi connectivity index (χ2n) is 4.92. The van der Waals surface area contributed by atoms with Crippen LogP contribution in [0.25, 0.3) is 0 Å². The molecule has 1 saturated carbocycles. The van der Waals surface area contributed by atoms with Gasteiger partial charge in [-0.3, -0.25) is 4.99 Å². The maximum atomic E-state index is 4.27. The molecule has 0 radical (unpaired) electrons. The molecule has 0 spiro atoms. The Balaban J connectivity index is 0.00000200. The lowest BCUT2D eigenvalue weighted by Crippen LogP contribution is -2.43. The molecule has 0 aromatic carbocycles. The van der Waals surface area contributed by atoms with Crippen LogP contribution in [-0.2, 0) is 13.0 Å². The van der Waals surface area contributed by atoms with Crippen molar-refractivity contribution in [1.29, 1.82) is 0 Å². The molecule has 0 amide bonds. The minimum Gasteiger partial charge on any atom is -0.355 e. The largest absolute Gasteiger partial charge is 0.355 e. The van der Waals surface area contributed by atoms with Gasteiger partial charge in [0, 0.05) is 32.6 Å². The summed E-state index contributed by atoms with van der Waals surface area (Å²) in [6, 6.07) is 0.590. The molecule has 0 bridgehead atoms. The van der Waals surface area contributed by atoms with E-state index in [0.717, 1.165) is 31.3 Å². The second-order valence-corrected chi connectivity index (χ2v) is 4.92. The highest BCUT2D eigenvalue weighted by atomic mass is 127. The number of guanidine groups is 1. The summed E-state index contributed by atoms with van der Waals surface area (Å²) in [6.45, 7) is 3.79. The topological polar surface area (TPSA) is 67.1 Å². The number of hydrogen-bond acceptors (Lipinski definition) is 3. The van der Waals surface area contributed by atoms with Crippen molar-refractivity contribution in [2.24, 2.45) is 4.99 Å². The fraction of sp³-hybridized carbons (Fsp3) is 0.769. The Kier molecular flexibility index (Phi) is 7.86. The van der Waals surface area contributed by atoms with Crippen molar-refractivity contribution in [2.75, 3.05) is 13.6 Å². The smallest absolute Gasteiger partial charge is 0.191 e. The lowest BCUT2D eigenvalue weighted by Gasteiger charge is -2.17. The first-order valence-corrected chi connectivity index (χ1v) is 7.17. The lowest BCUT2D eigenvalue weighted by molar-refractivity contribution is 0.594. The van der Waals surface area contributed by atoms with Crippen LogP contribution < -0.4 is 10.6 Å². The number of aliphatic imine (C=N–C) groups is 1. The maximum Gasteiger partial charge on any atom is 0.191 e. The number of rotatable bonds is 5. The third-order valence-electron chi connectivity index (χ3n) is 3.58. The normalized spacial score (nSPS) is 16.0. The van der Waals surface area contributed by atoms with Crippen LogP contribution in [0.2, 0.25) is 0 Å². The van der Waals surface area contributed by atoms with E-state index in [2.05, 4.69) is 37.3 Å². The van der Waals surface area contributed by atoms with Crippen LogP contribution in [0.15, 0.2) is 11.3 Å². The van der Waals surface area contributed by atoms with Gasteiger partial charge in [-0.25, -0.2) is 0 Å². The van der Waals surface area contributed by atoms with Gasteiger partial charge in [-0.15, -0.1) is 34.2 Å². The first-order valence-electron chi connectivity index (χ1n) is 7.17. The highest BCUT2D eigenvalue weighted by Gasteiger charge is 2.15. The lowest BCUT2D eigenvalue weighted by atomic mass is 10.2. The Morgan fingerprint density at radius 1 is 1.45 bits per heavy atom. The fourth-order valence-corrected chi connectivity index (χ4v) is 2.49. The van der Waals surface area contributed by atoms with E-state index in [9.17, 15) is 0 Å². The molecule has 1 heterocycles. The van der Waals surface area contributed by atoms with Crippen molar-refractivity contribution < 1.29 is 0 Å². The molecule has 0 unspecified atom stereocenters. The van der Waals surface area contributed by atoms with E-state index in [0.29, 0.717) is 6.04 Å². The van der Waals surface area contributed by atoms with Crippen molar-refractivity contribution in [1.82, 2.24) is 25.4 Å². The second kappa shape index (κ2) is 9.15. The summed E-state index contributed by atoms with van der Waals surface area (Å²) < 4.78 is 2.08. The number of nitrogens with one attached hydrogen (secondary N) is 2. The van der Waals surface area contributed by atoms with E-state index in [1.54, 1.807) is 6.33 Å². The zero-order valence-electron chi connectivity index (χ0n) is 12.3. The van der Waals surface area contributed by atoms with Crippen molar-refractivity contribution in [3.63, 3.8) is 0 Å². The average molecular weight is 392 g/mol. The molecule has 2 rings (SSSR count). The molecule has 1 aliphatic carbocycles. The van der Waals surface area contributed by atoms with Gasteiger partial charge in [-0.1, -0.05) is 19.8 Å². The SMILES string of the molecule is CCc1nncn1CCNC(=NC)NC1CCCC1.I. The van der Waals surface area contributed by atoms with E-state index in [4.69, 9.17) is 0 Å². The third kappa shape index (κ3) is 4.92. The summed E-state index contributed by atoms with van der Waals surface area (Å²) in [5, 5.41) is 14.8. The summed E-state index contributed by atoms with van der Waals surface area (Å²) >= 11 is 0. The van der Waals surface area contributed by atoms with E-state index in [1.807, 2.05) is 7.05 Å². The van der Waals surface area contributed by atoms with E-state index in [1.165, 1.54) is 25.7 Å². The van der Waals surface area contributed by atoms with Crippen molar-refractivity contribution in [2.45, 2.75) is 51.6 Å². The number of aryl methyl sites for hydroxylation is 1. The summed E-state index contributed by atoms with van der Waals surface area (Å²) in [6.07, 6.45) is 7.87. The molecule has 1 fully saturated rings. The Bertz CT molecular complexity index is 411. The third-order valence-corrected chi connectivity index (χ3v) is 3.58. The fourth-order valence-electron chi connectivity index (χ4n) is 2.49. The summed E-state index contributed by atoms with van der Waals surface area (Å²) in [5.41, 5.74) is 0. The van der Waals surface area contributed by atoms with Gasteiger partial charge in [-0.05, 0) is 12.8 Å². The maximum absolute atomic E-state index is 4.27. The quantitative estimate of drug-likeness (QED) is 0.454. The first-order chi connectivity index (χ1) is 9.33. The summed E-state index contributed by atoms with van der Waals surface area (Å²) in [4.78, 5) is 4.27. The van der Waals surface area contributed by atoms with Crippen molar-refractivity contribution in [3.05, 3.63) is 12.2 Å². The number of hydrogen-bond donors (Lipinski definition) is 2. The Morgan fingerprint density at radius 3 is 2.85 bits per heavy atom. The predicted octanol–water partition coefficient (Wildman–Crippen LogP) is 1.57. The van der Waals surface area contributed by atoms with Gasteiger partial charge in [0.2, 0.25) is 0 Å². The molecule has 2 N–H and O–H groups in total. The van der Waals surface area contributed by atoms with Gasteiger partial charge >= 0.3 is 0 Å². The van der Waals surface area contributed by atoms with Gasteiger partial charge in [0.05, 0.1) is 0 Å². The molecule has 114 valence electrons. The molecule has 0 saturated heterocycles. The molecule has 0 aliphatic heterocycles. The molecule has 1 aliphatic rings. The average Bonchev–Trinajstić information content (AvgIpc) is 3.08. The highest BCUT2D eigenvalue weighted by Crippen LogP contribution is 2.17. The molecule has 1 aromatic rings. The number of halogens is 1. The zero-order valence-corrected chi connectivity index (χ0v) is 14.6. The van der Waals surface area contributed by atoms with Crippen LogP contribution in [0.1, 0.15) is 38.4 Å². The molecule has 20 heavy (non-hydrogen) atoms. The van der Waals surface area contributed by atoms with Crippen LogP contribution in [0.4, 0.5) is 0 Å². The minimum atomic E-state index is 0. The molecular formula is C13H25IN6. The number of aromatic nitrogens is 3. The van der Waals surface area contributed by atoms with Crippen molar-refractivity contribution in [3.8, 4) is 0 Å². The Hall–Kier alpha value is -0.860.